The topological polar surface area (TPSA) is 75.9 Å². The van der Waals surface area contributed by atoms with Gasteiger partial charge in [0.05, 0.1) is 11.5 Å². The van der Waals surface area contributed by atoms with Crippen LogP contribution < -0.4 is 5.32 Å². The quantitative estimate of drug-likeness (QED) is 0.755. The highest BCUT2D eigenvalue weighted by Crippen LogP contribution is 2.24. The first-order valence-electron chi connectivity index (χ1n) is 6.56. The molecule has 0 aliphatic heterocycles. The lowest BCUT2D eigenvalue weighted by atomic mass is 10.3. The third kappa shape index (κ3) is 3.09. The highest BCUT2D eigenvalue weighted by Gasteiger charge is 2.10. The summed E-state index contributed by atoms with van der Waals surface area (Å²) in [5.41, 5.74) is 0. The van der Waals surface area contributed by atoms with Gasteiger partial charge in [0.1, 0.15) is 5.82 Å². The molecule has 3 heterocycles. The lowest BCUT2D eigenvalue weighted by molar-refractivity contribution is 0.281. The van der Waals surface area contributed by atoms with Crippen LogP contribution in [-0.4, -0.2) is 37.5 Å². The van der Waals surface area contributed by atoms with Gasteiger partial charge in [0.15, 0.2) is 11.6 Å². The molecule has 7 heteroatoms. The summed E-state index contributed by atoms with van der Waals surface area (Å²) in [6.45, 7) is 1.93. The van der Waals surface area contributed by atoms with Gasteiger partial charge in [-0.05, 0) is 24.4 Å². The lowest BCUT2D eigenvalue weighted by Crippen LogP contribution is -2.20. The van der Waals surface area contributed by atoms with Crippen molar-refractivity contribution in [3.8, 4) is 16.5 Å². The van der Waals surface area contributed by atoms with E-state index in [-0.39, 0.29) is 12.6 Å². The maximum atomic E-state index is 9.18. The third-order valence-corrected chi connectivity index (χ3v) is 3.73. The molecule has 108 valence electrons. The first-order chi connectivity index (χ1) is 10.3. The molecule has 21 heavy (non-hydrogen) atoms. The van der Waals surface area contributed by atoms with E-state index >= 15 is 0 Å². The fourth-order valence-electron chi connectivity index (χ4n) is 1.84. The molecule has 6 nitrogen and oxygen atoms in total. The molecule has 2 N–H and O–H groups in total. The Bertz CT molecular complexity index is 644. The Morgan fingerprint density at radius 3 is 2.95 bits per heavy atom. The average molecular weight is 301 g/mol. The van der Waals surface area contributed by atoms with Crippen molar-refractivity contribution < 1.29 is 5.11 Å². The Balaban J connectivity index is 2.04. The summed E-state index contributed by atoms with van der Waals surface area (Å²) in [5, 5.41) is 18.5. The van der Waals surface area contributed by atoms with Gasteiger partial charge in [0.25, 0.3) is 0 Å². The molecular formula is C14H15N5OS. The number of aliphatic hydroxyl groups excluding tert-OH is 1. The number of aliphatic hydroxyl groups is 1. The van der Waals surface area contributed by atoms with E-state index in [0.29, 0.717) is 17.5 Å². The van der Waals surface area contributed by atoms with E-state index in [1.807, 2.05) is 42.8 Å². The molecule has 1 atom stereocenters. The maximum absolute atomic E-state index is 9.18. The number of thiophene rings is 1. The van der Waals surface area contributed by atoms with Crippen LogP contribution >= 0.6 is 11.3 Å². The summed E-state index contributed by atoms with van der Waals surface area (Å²) in [6.07, 6.45) is 3.54. The number of anilines is 1. The zero-order chi connectivity index (χ0) is 14.7. The minimum absolute atomic E-state index is 0.0371. The van der Waals surface area contributed by atoms with Gasteiger partial charge in [-0.2, -0.15) is 5.10 Å². The molecule has 3 aromatic rings. The van der Waals surface area contributed by atoms with Crippen LogP contribution in [0.1, 0.15) is 6.92 Å². The number of hydrogen-bond donors (Lipinski definition) is 2. The smallest absolute Gasteiger partial charge is 0.173 e. The predicted octanol–water partition coefficient (Wildman–Crippen LogP) is 2.18. The highest BCUT2D eigenvalue weighted by molar-refractivity contribution is 7.13. The van der Waals surface area contributed by atoms with Gasteiger partial charge in [0.2, 0.25) is 0 Å². The summed E-state index contributed by atoms with van der Waals surface area (Å²) in [4.78, 5) is 10.0. The van der Waals surface area contributed by atoms with E-state index in [4.69, 9.17) is 0 Å². The SMILES string of the molecule is C[C@H](CO)Nc1cc(-n2cccn2)nc(-c2cccs2)n1. The van der Waals surface area contributed by atoms with Crippen molar-refractivity contribution in [3.05, 3.63) is 42.0 Å². The highest BCUT2D eigenvalue weighted by atomic mass is 32.1. The number of hydrogen-bond acceptors (Lipinski definition) is 6. The van der Waals surface area contributed by atoms with Crippen molar-refractivity contribution in [1.82, 2.24) is 19.7 Å². The van der Waals surface area contributed by atoms with Crippen molar-refractivity contribution in [3.63, 3.8) is 0 Å². The van der Waals surface area contributed by atoms with Crippen LogP contribution in [0.5, 0.6) is 0 Å². The second kappa shape index (κ2) is 6.02. The van der Waals surface area contributed by atoms with Crippen molar-refractivity contribution >= 4 is 17.2 Å². The van der Waals surface area contributed by atoms with Crippen LogP contribution in [0, 0.1) is 0 Å². The van der Waals surface area contributed by atoms with Crippen LogP contribution in [0.25, 0.3) is 16.5 Å². The molecule has 0 spiro atoms. The summed E-state index contributed by atoms with van der Waals surface area (Å²) < 4.78 is 1.69. The zero-order valence-corrected chi connectivity index (χ0v) is 12.3. The minimum atomic E-state index is -0.0819. The Kier molecular flexibility index (Phi) is 3.94. The largest absolute Gasteiger partial charge is 0.394 e. The molecule has 0 radical (unpaired) electrons. The van der Waals surface area contributed by atoms with Crippen molar-refractivity contribution in [2.75, 3.05) is 11.9 Å². The molecule has 0 aromatic carbocycles. The van der Waals surface area contributed by atoms with Gasteiger partial charge < -0.3 is 10.4 Å². The standard InChI is InChI=1S/C14H15N5OS/c1-10(9-20)16-12-8-13(19-6-3-5-15-19)18-14(17-12)11-4-2-7-21-11/h2-8,10,20H,9H2,1H3,(H,16,17,18)/t10-/m1/s1. The van der Waals surface area contributed by atoms with E-state index in [9.17, 15) is 5.11 Å². The fourth-order valence-corrected chi connectivity index (χ4v) is 2.50. The van der Waals surface area contributed by atoms with E-state index in [0.717, 1.165) is 4.88 Å². The molecule has 3 rings (SSSR count). The Morgan fingerprint density at radius 2 is 2.29 bits per heavy atom. The normalized spacial score (nSPS) is 12.3. The fraction of sp³-hybridized carbons (Fsp3) is 0.214. The van der Waals surface area contributed by atoms with Gasteiger partial charge in [-0.15, -0.1) is 11.3 Å². The molecule has 0 saturated heterocycles. The van der Waals surface area contributed by atoms with Crippen LogP contribution in [0.2, 0.25) is 0 Å². The zero-order valence-electron chi connectivity index (χ0n) is 11.5. The molecule has 0 saturated carbocycles. The summed E-state index contributed by atoms with van der Waals surface area (Å²) >= 11 is 1.58. The van der Waals surface area contributed by atoms with Gasteiger partial charge in [-0.3, -0.25) is 0 Å². The molecule has 0 bridgehead atoms. The average Bonchev–Trinajstić information content (AvgIpc) is 3.20. The van der Waals surface area contributed by atoms with Crippen molar-refractivity contribution in [2.24, 2.45) is 0 Å². The first-order valence-corrected chi connectivity index (χ1v) is 7.44. The first kappa shape index (κ1) is 13.7. The number of nitrogens with one attached hydrogen (secondary N) is 1. The second-order valence-corrected chi connectivity index (χ2v) is 5.54. The second-order valence-electron chi connectivity index (χ2n) is 4.59. The van der Waals surface area contributed by atoms with Crippen LogP contribution in [-0.2, 0) is 0 Å². The predicted molar refractivity (Wildman–Crippen MR) is 82.6 cm³/mol. The van der Waals surface area contributed by atoms with Crippen molar-refractivity contribution in [1.29, 1.82) is 0 Å². The number of aromatic nitrogens is 4. The number of nitrogens with zero attached hydrogens (tertiary/aromatic N) is 4. The summed E-state index contributed by atoms with van der Waals surface area (Å²) in [6, 6.07) is 7.52. The Hall–Kier alpha value is -2.25. The van der Waals surface area contributed by atoms with E-state index in [2.05, 4.69) is 20.4 Å². The minimum Gasteiger partial charge on any atom is -0.394 e. The summed E-state index contributed by atoms with van der Waals surface area (Å²) in [7, 11) is 0. The van der Waals surface area contributed by atoms with Crippen LogP contribution in [0.4, 0.5) is 5.82 Å². The molecule has 0 fully saturated rings. The van der Waals surface area contributed by atoms with E-state index < -0.39 is 0 Å². The van der Waals surface area contributed by atoms with Crippen LogP contribution in [0.15, 0.2) is 42.0 Å². The molecule has 0 unspecified atom stereocenters. The monoisotopic (exact) mass is 301 g/mol. The third-order valence-electron chi connectivity index (χ3n) is 2.86. The van der Waals surface area contributed by atoms with Crippen molar-refractivity contribution in [2.45, 2.75) is 13.0 Å². The van der Waals surface area contributed by atoms with E-state index in [1.54, 1.807) is 22.2 Å². The van der Waals surface area contributed by atoms with Gasteiger partial charge in [0, 0.05) is 24.5 Å². The molecular weight excluding hydrogens is 286 g/mol. The van der Waals surface area contributed by atoms with Gasteiger partial charge >= 0.3 is 0 Å². The van der Waals surface area contributed by atoms with Gasteiger partial charge in [-0.25, -0.2) is 14.6 Å². The van der Waals surface area contributed by atoms with Gasteiger partial charge in [-0.1, -0.05) is 6.07 Å². The van der Waals surface area contributed by atoms with Crippen LogP contribution in [0.3, 0.4) is 0 Å². The molecule has 3 aromatic heterocycles. The molecule has 0 amide bonds. The van der Waals surface area contributed by atoms with E-state index in [1.165, 1.54) is 0 Å². The molecule has 0 aliphatic rings. The Labute approximate surface area is 126 Å². The lowest BCUT2D eigenvalue weighted by Gasteiger charge is -2.13. The number of rotatable bonds is 5. The molecule has 0 aliphatic carbocycles. The maximum Gasteiger partial charge on any atom is 0.173 e. The summed E-state index contributed by atoms with van der Waals surface area (Å²) in [5.74, 6) is 2.00. The Morgan fingerprint density at radius 1 is 1.38 bits per heavy atom.